The molecule has 0 radical (unpaired) electrons. The lowest BCUT2D eigenvalue weighted by Crippen LogP contribution is -2.51. The van der Waals surface area contributed by atoms with Crippen molar-refractivity contribution >= 4 is 40.4 Å². The number of hydrogen-bond donors (Lipinski definition) is 3. The van der Waals surface area contributed by atoms with Crippen molar-refractivity contribution in [1.82, 2.24) is 15.2 Å². The number of oxazole rings is 1. The Bertz CT molecular complexity index is 1340. The Morgan fingerprint density at radius 2 is 1.88 bits per heavy atom. The van der Waals surface area contributed by atoms with Gasteiger partial charge in [0.1, 0.15) is 12.1 Å². The van der Waals surface area contributed by atoms with Gasteiger partial charge in [-0.05, 0) is 43.0 Å². The first kappa shape index (κ1) is 31.9. The van der Waals surface area contributed by atoms with Crippen LogP contribution in [0.4, 0.5) is 4.79 Å². The van der Waals surface area contributed by atoms with Crippen LogP contribution >= 0.6 is 11.8 Å². The first-order chi connectivity index (χ1) is 19.6. The van der Waals surface area contributed by atoms with Crippen molar-refractivity contribution in [2.45, 2.75) is 59.1 Å². The van der Waals surface area contributed by atoms with E-state index in [0.29, 0.717) is 40.4 Å². The summed E-state index contributed by atoms with van der Waals surface area (Å²) in [4.78, 5) is 33.2. The number of ether oxygens (including phenoxy) is 1. The summed E-state index contributed by atoms with van der Waals surface area (Å²) in [6.45, 7) is 10.2. The van der Waals surface area contributed by atoms with E-state index in [-0.39, 0.29) is 30.9 Å². The molecular formula is C31H40N4O5S. The average molecular weight is 581 g/mol. The Morgan fingerprint density at radius 1 is 1.15 bits per heavy atom. The third-order valence-electron chi connectivity index (χ3n) is 6.37. The molecule has 10 heteroatoms. The Labute approximate surface area is 245 Å². The number of benzene rings is 2. The molecule has 0 saturated carbocycles. The molecule has 2 aromatic carbocycles. The standard InChI is InChI=1S/C31H40N4O5S/c1-6-24(41-19-32)18-39-31(38)34-26(14-22-10-8-7-9-11-22)27(36)17-35(16-20(2)3)30(37)23-12-13-25-28(15-23)40-29(33-25)21(4)5/h6-13,15,19-21,26-27,32,36H,14,16-18H2,1-5H3,(H,34,38)/b24-6-,32-19?/t26-,27+/m0/s1. The lowest BCUT2D eigenvalue weighted by molar-refractivity contribution is 0.0500. The van der Waals surface area contributed by atoms with Gasteiger partial charge in [0, 0.05) is 29.5 Å². The quantitative estimate of drug-likeness (QED) is 0.158. The van der Waals surface area contributed by atoms with Crippen molar-refractivity contribution in [3.8, 4) is 0 Å². The monoisotopic (exact) mass is 580 g/mol. The molecule has 0 aliphatic carbocycles. The molecule has 2 atom stereocenters. The number of alkyl carbamates (subject to hydrolysis) is 1. The van der Waals surface area contributed by atoms with E-state index >= 15 is 0 Å². The summed E-state index contributed by atoms with van der Waals surface area (Å²) in [6.07, 6.45) is 0.348. The maximum Gasteiger partial charge on any atom is 0.407 e. The van der Waals surface area contributed by atoms with Crippen LogP contribution in [0.5, 0.6) is 0 Å². The molecule has 1 heterocycles. The zero-order chi connectivity index (χ0) is 29.9. The van der Waals surface area contributed by atoms with Crippen molar-refractivity contribution in [2.24, 2.45) is 5.92 Å². The fourth-order valence-corrected chi connectivity index (χ4v) is 4.70. The molecule has 0 aliphatic heterocycles. The molecule has 1 aromatic heterocycles. The van der Waals surface area contributed by atoms with Gasteiger partial charge in [0.25, 0.3) is 5.91 Å². The topological polar surface area (TPSA) is 129 Å². The van der Waals surface area contributed by atoms with Crippen molar-refractivity contribution in [3.63, 3.8) is 0 Å². The molecule has 0 saturated heterocycles. The molecule has 3 N–H and O–H groups in total. The predicted molar refractivity (Wildman–Crippen MR) is 163 cm³/mol. The average Bonchev–Trinajstić information content (AvgIpc) is 3.38. The fraction of sp³-hybridized carbons (Fsp3) is 0.419. The highest BCUT2D eigenvalue weighted by molar-refractivity contribution is 8.15. The number of carbonyl (C=O) groups is 2. The van der Waals surface area contributed by atoms with Crippen LogP contribution in [0.2, 0.25) is 0 Å². The maximum absolute atomic E-state index is 13.7. The molecule has 0 fully saturated rings. The van der Waals surface area contributed by atoms with Crippen LogP contribution in [0, 0.1) is 11.3 Å². The number of nitrogens with one attached hydrogen (secondary N) is 2. The number of amides is 2. The Morgan fingerprint density at radius 3 is 2.51 bits per heavy atom. The first-order valence-corrected chi connectivity index (χ1v) is 14.6. The summed E-state index contributed by atoms with van der Waals surface area (Å²) in [7, 11) is 0. The Balaban J connectivity index is 1.80. The van der Waals surface area contributed by atoms with Gasteiger partial charge >= 0.3 is 6.09 Å². The molecule has 0 unspecified atom stereocenters. The van der Waals surface area contributed by atoms with Crippen LogP contribution in [0.25, 0.3) is 11.1 Å². The lowest BCUT2D eigenvalue weighted by atomic mass is 10.00. The number of hydrogen-bond acceptors (Lipinski definition) is 8. The van der Waals surface area contributed by atoms with Crippen LogP contribution < -0.4 is 5.32 Å². The highest BCUT2D eigenvalue weighted by atomic mass is 32.2. The minimum absolute atomic E-state index is 0.00421. The van der Waals surface area contributed by atoms with Crippen LogP contribution in [0.15, 0.2) is 63.9 Å². The highest BCUT2D eigenvalue weighted by Crippen LogP contribution is 2.23. The van der Waals surface area contributed by atoms with Crippen molar-refractivity contribution in [2.75, 3.05) is 19.7 Å². The number of aliphatic hydroxyl groups excluding tert-OH is 1. The number of fused-ring (bicyclic) bond motifs is 1. The fourth-order valence-electron chi connectivity index (χ4n) is 4.28. The number of allylic oxidation sites excluding steroid dienone is 1. The van der Waals surface area contributed by atoms with Gasteiger partial charge in [-0.1, -0.05) is 75.9 Å². The zero-order valence-electron chi connectivity index (χ0n) is 24.3. The summed E-state index contributed by atoms with van der Waals surface area (Å²) in [5, 5.41) is 21.5. The molecule has 3 rings (SSSR count). The maximum atomic E-state index is 13.7. The minimum atomic E-state index is -1.08. The third kappa shape index (κ3) is 9.47. The number of nitrogens with zero attached hydrogens (tertiary/aromatic N) is 2. The van der Waals surface area contributed by atoms with Crippen LogP contribution in [-0.4, -0.2) is 64.4 Å². The molecule has 0 bridgehead atoms. The predicted octanol–water partition coefficient (Wildman–Crippen LogP) is 5.99. The van der Waals surface area contributed by atoms with Crippen LogP contribution in [0.1, 0.15) is 62.3 Å². The van der Waals surface area contributed by atoms with Gasteiger partial charge in [-0.15, -0.1) is 0 Å². The molecule has 2 amide bonds. The summed E-state index contributed by atoms with van der Waals surface area (Å²) in [6, 6.07) is 14.0. The lowest BCUT2D eigenvalue weighted by Gasteiger charge is -2.31. The molecule has 220 valence electrons. The molecule has 9 nitrogen and oxygen atoms in total. The molecular weight excluding hydrogens is 540 g/mol. The van der Waals surface area contributed by atoms with Gasteiger partial charge in [0.2, 0.25) is 0 Å². The van der Waals surface area contributed by atoms with Gasteiger partial charge < -0.3 is 29.9 Å². The van der Waals surface area contributed by atoms with E-state index in [1.54, 1.807) is 36.1 Å². The number of carbonyl (C=O) groups excluding carboxylic acids is 2. The summed E-state index contributed by atoms with van der Waals surface area (Å²) < 4.78 is 11.2. The van der Waals surface area contributed by atoms with E-state index in [2.05, 4.69) is 10.3 Å². The number of rotatable bonds is 14. The van der Waals surface area contributed by atoms with Gasteiger partial charge in [0.15, 0.2) is 11.5 Å². The normalized spacial score (nSPS) is 13.3. The van der Waals surface area contributed by atoms with Crippen molar-refractivity contribution < 1.29 is 23.8 Å². The van der Waals surface area contributed by atoms with Crippen LogP contribution in [-0.2, 0) is 11.2 Å². The second kappa shape index (κ2) is 15.4. The first-order valence-electron chi connectivity index (χ1n) is 13.8. The van der Waals surface area contributed by atoms with E-state index in [9.17, 15) is 14.7 Å². The summed E-state index contributed by atoms with van der Waals surface area (Å²) in [5.41, 5.74) is 3.75. The van der Waals surface area contributed by atoms with Gasteiger partial charge in [0.05, 0.1) is 17.7 Å². The van der Waals surface area contributed by atoms with Gasteiger partial charge in [-0.25, -0.2) is 9.78 Å². The molecule has 3 aromatic rings. The van der Waals surface area contributed by atoms with E-state index in [1.807, 2.05) is 58.0 Å². The van der Waals surface area contributed by atoms with Crippen LogP contribution in [0.3, 0.4) is 0 Å². The van der Waals surface area contributed by atoms with E-state index in [1.165, 1.54) is 5.55 Å². The van der Waals surface area contributed by atoms with E-state index in [0.717, 1.165) is 17.3 Å². The Kier molecular flexibility index (Phi) is 12.0. The highest BCUT2D eigenvalue weighted by Gasteiger charge is 2.28. The zero-order valence-corrected chi connectivity index (χ0v) is 25.1. The van der Waals surface area contributed by atoms with Gasteiger partial charge in [-0.3, -0.25) is 4.79 Å². The SMILES string of the molecule is C/C=C(/COC(=O)N[C@@H](Cc1ccccc1)[C@H](O)CN(CC(C)C)C(=O)c1ccc2nc(C(C)C)oc2c1)SC=N. The van der Waals surface area contributed by atoms with E-state index < -0.39 is 18.2 Å². The van der Waals surface area contributed by atoms with Crippen molar-refractivity contribution in [1.29, 1.82) is 5.41 Å². The number of aromatic nitrogens is 1. The van der Waals surface area contributed by atoms with Crippen molar-refractivity contribution in [3.05, 3.63) is 76.5 Å². The smallest absolute Gasteiger partial charge is 0.407 e. The Hall–Kier alpha value is -3.63. The largest absolute Gasteiger partial charge is 0.444 e. The minimum Gasteiger partial charge on any atom is -0.444 e. The second-order valence-corrected chi connectivity index (χ2v) is 11.6. The third-order valence-corrected chi connectivity index (χ3v) is 7.14. The second-order valence-electron chi connectivity index (χ2n) is 10.6. The summed E-state index contributed by atoms with van der Waals surface area (Å²) >= 11 is 1.16. The van der Waals surface area contributed by atoms with E-state index in [4.69, 9.17) is 14.6 Å². The number of aliphatic hydroxyl groups is 1. The number of thioether (sulfide) groups is 1. The molecule has 0 spiro atoms. The molecule has 41 heavy (non-hydrogen) atoms. The summed E-state index contributed by atoms with van der Waals surface area (Å²) in [5.74, 6) is 0.626. The molecule has 0 aliphatic rings. The van der Waals surface area contributed by atoms with Gasteiger partial charge in [-0.2, -0.15) is 0 Å².